The summed E-state index contributed by atoms with van der Waals surface area (Å²) in [6, 6.07) is 22.3. The Morgan fingerprint density at radius 3 is 2.18 bits per heavy atom. The van der Waals surface area contributed by atoms with Crippen LogP contribution in [-0.2, 0) is 31.3 Å². The van der Waals surface area contributed by atoms with Gasteiger partial charge in [0, 0.05) is 48.2 Å². The highest BCUT2D eigenvalue weighted by atomic mass is 35.5. The Morgan fingerprint density at radius 1 is 0.932 bits per heavy atom. The van der Waals surface area contributed by atoms with Gasteiger partial charge in [-0.3, -0.25) is 9.59 Å². The van der Waals surface area contributed by atoms with Gasteiger partial charge in [0.15, 0.2) is 6.29 Å². The number of carboxylic acids is 1. The molecule has 3 aromatic rings. The van der Waals surface area contributed by atoms with Gasteiger partial charge in [-0.05, 0) is 53.8 Å². The van der Waals surface area contributed by atoms with E-state index in [4.69, 9.17) is 26.2 Å². The molecule has 2 fully saturated rings. The smallest absolute Gasteiger partial charge is 0.303 e. The molecule has 0 radical (unpaired) electrons. The van der Waals surface area contributed by atoms with Crippen LogP contribution < -0.4 is 5.32 Å². The van der Waals surface area contributed by atoms with E-state index in [1.165, 1.54) is 0 Å². The summed E-state index contributed by atoms with van der Waals surface area (Å²) in [4.78, 5) is 25.2. The third-order valence-electron chi connectivity index (χ3n) is 8.66. The van der Waals surface area contributed by atoms with E-state index in [9.17, 15) is 19.8 Å². The number of aliphatic hydroxyl groups is 2. The Hall–Kier alpha value is -3.31. The van der Waals surface area contributed by atoms with Crippen LogP contribution in [0.1, 0.15) is 67.3 Å². The van der Waals surface area contributed by atoms with E-state index in [0.717, 1.165) is 22.3 Å². The standard InChI is InChI=1S/C34H39ClN2O7/c1-22-29(20-37-18-16-34(42,17-19-37)26-8-10-27(35)11-9-26)43-33(44-32(22)24-4-2-23(21-38)3-5-24)25-6-12-28(13-7-25)36-30(39)14-15-31(40)41/h2-13,22,29,32-33,38,42H,14-21H2,1H3,(H,36,39)(H,40,41)/t22-,29+,32+,33+/m1/s1. The Balaban J connectivity index is 1.30. The first-order valence-corrected chi connectivity index (χ1v) is 15.3. The number of aliphatic hydroxyl groups excluding tert-OH is 1. The Bertz CT molecular complexity index is 1410. The number of piperidine rings is 1. The van der Waals surface area contributed by atoms with E-state index in [1.54, 1.807) is 12.1 Å². The molecule has 9 nitrogen and oxygen atoms in total. The average molecular weight is 623 g/mol. The van der Waals surface area contributed by atoms with Crippen LogP contribution >= 0.6 is 11.6 Å². The molecule has 3 aromatic carbocycles. The SMILES string of the molecule is C[C@@H]1[C@H](CN2CCC(O)(c3ccc(Cl)cc3)CC2)O[C@H](c2ccc(NC(=O)CCC(=O)O)cc2)O[C@@H]1c1ccc(CO)cc1. The van der Waals surface area contributed by atoms with Crippen molar-refractivity contribution in [3.63, 3.8) is 0 Å². The maximum absolute atomic E-state index is 12.1. The maximum Gasteiger partial charge on any atom is 0.303 e. The number of halogens is 1. The molecule has 234 valence electrons. The number of likely N-dealkylation sites (tertiary alicyclic amines) is 1. The summed E-state index contributed by atoms with van der Waals surface area (Å²) >= 11 is 6.06. The minimum absolute atomic E-state index is 0.0103. The summed E-state index contributed by atoms with van der Waals surface area (Å²) in [5.74, 6) is -1.38. The molecule has 2 saturated heterocycles. The van der Waals surface area contributed by atoms with Crippen molar-refractivity contribution in [1.82, 2.24) is 4.90 Å². The Morgan fingerprint density at radius 2 is 1.57 bits per heavy atom. The number of hydrogen-bond donors (Lipinski definition) is 4. The Labute approximate surface area is 262 Å². The predicted octanol–water partition coefficient (Wildman–Crippen LogP) is 5.41. The summed E-state index contributed by atoms with van der Waals surface area (Å²) in [5, 5.41) is 33.1. The van der Waals surface area contributed by atoms with Gasteiger partial charge in [-0.25, -0.2) is 0 Å². The third-order valence-corrected chi connectivity index (χ3v) is 8.91. The predicted molar refractivity (Wildman–Crippen MR) is 166 cm³/mol. The number of benzene rings is 3. The number of aliphatic carboxylic acids is 1. The molecule has 44 heavy (non-hydrogen) atoms. The van der Waals surface area contributed by atoms with Crippen molar-refractivity contribution in [2.24, 2.45) is 5.92 Å². The molecule has 4 atom stereocenters. The van der Waals surface area contributed by atoms with E-state index >= 15 is 0 Å². The summed E-state index contributed by atoms with van der Waals surface area (Å²) in [5.41, 5.74) is 3.15. The number of amides is 1. The number of anilines is 1. The van der Waals surface area contributed by atoms with Crippen LogP contribution in [0.4, 0.5) is 5.69 Å². The quantitative estimate of drug-likeness (QED) is 0.236. The van der Waals surface area contributed by atoms with Gasteiger partial charge in [0.2, 0.25) is 5.91 Å². The van der Waals surface area contributed by atoms with E-state index in [2.05, 4.69) is 17.1 Å². The molecule has 2 aliphatic heterocycles. The lowest BCUT2D eigenvalue weighted by Gasteiger charge is -2.45. The van der Waals surface area contributed by atoms with E-state index in [1.807, 2.05) is 60.7 Å². The highest BCUT2D eigenvalue weighted by Gasteiger charge is 2.41. The topological polar surface area (TPSA) is 129 Å². The molecular formula is C34H39ClN2O7. The number of carboxylic acid groups (broad SMARTS) is 1. The number of hydrogen-bond acceptors (Lipinski definition) is 7. The van der Waals surface area contributed by atoms with Gasteiger partial charge in [-0.1, -0.05) is 67.1 Å². The summed E-state index contributed by atoms with van der Waals surface area (Å²) in [7, 11) is 0. The second-order valence-electron chi connectivity index (χ2n) is 11.7. The first-order valence-electron chi connectivity index (χ1n) is 15.0. The van der Waals surface area contributed by atoms with Crippen LogP contribution in [0.15, 0.2) is 72.8 Å². The van der Waals surface area contributed by atoms with Crippen molar-refractivity contribution < 1.29 is 34.4 Å². The number of carbonyl (C=O) groups is 2. The minimum atomic E-state index is -1.02. The molecule has 0 spiro atoms. The lowest BCUT2D eigenvalue weighted by molar-refractivity contribution is -0.277. The number of rotatable bonds is 10. The molecule has 1 amide bonds. The second-order valence-corrected chi connectivity index (χ2v) is 12.2. The molecule has 5 rings (SSSR count). The number of nitrogens with zero attached hydrogens (tertiary/aromatic N) is 1. The van der Waals surface area contributed by atoms with Gasteiger partial charge < -0.3 is 35.0 Å². The first-order chi connectivity index (χ1) is 21.1. The average Bonchev–Trinajstić information content (AvgIpc) is 3.03. The molecule has 2 heterocycles. The van der Waals surface area contributed by atoms with Gasteiger partial charge in [-0.2, -0.15) is 0 Å². The molecule has 10 heteroatoms. The Kier molecular flexibility index (Phi) is 10.4. The van der Waals surface area contributed by atoms with Crippen LogP contribution in [0.3, 0.4) is 0 Å². The highest BCUT2D eigenvalue weighted by Crippen LogP contribution is 2.42. The molecule has 0 aliphatic carbocycles. The van der Waals surface area contributed by atoms with Gasteiger partial charge in [-0.15, -0.1) is 0 Å². The van der Waals surface area contributed by atoms with Crippen molar-refractivity contribution in [3.8, 4) is 0 Å². The van der Waals surface area contributed by atoms with Crippen molar-refractivity contribution in [1.29, 1.82) is 0 Å². The minimum Gasteiger partial charge on any atom is -0.481 e. The van der Waals surface area contributed by atoms with Crippen LogP contribution in [0.25, 0.3) is 0 Å². The largest absolute Gasteiger partial charge is 0.481 e. The van der Waals surface area contributed by atoms with Crippen LogP contribution in [-0.4, -0.2) is 57.8 Å². The summed E-state index contributed by atoms with van der Waals surface area (Å²) < 4.78 is 13.1. The van der Waals surface area contributed by atoms with Crippen molar-refractivity contribution in [2.45, 2.75) is 63.3 Å². The fourth-order valence-electron chi connectivity index (χ4n) is 5.90. The van der Waals surface area contributed by atoms with Gasteiger partial charge in [0.05, 0.1) is 30.8 Å². The number of ether oxygens (including phenoxy) is 2. The van der Waals surface area contributed by atoms with Crippen molar-refractivity contribution in [3.05, 3.63) is 100 Å². The zero-order valence-corrected chi connectivity index (χ0v) is 25.5. The molecule has 0 aromatic heterocycles. The van der Waals surface area contributed by atoms with Gasteiger partial charge >= 0.3 is 5.97 Å². The van der Waals surface area contributed by atoms with Crippen molar-refractivity contribution >= 4 is 29.2 Å². The zero-order valence-electron chi connectivity index (χ0n) is 24.7. The summed E-state index contributed by atoms with van der Waals surface area (Å²) in [6.07, 6.45) is -0.235. The molecule has 2 aliphatic rings. The van der Waals surface area contributed by atoms with Crippen LogP contribution in [0, 0.1) is 5.92 Å². The van der Waals surface area contributed by atoms with Crippen molar-refractivity contribution in [2.75, 3.05) is 25.0 Å². The first kappa shape index (κ1) is 32.1. The normalized spacial score (nSPS) is 23.6. The lowest BCUT2D eigenvalue weighted by Crippen LogP contribution is -2.49. The molecular weight excluding hydrogens is 584 g/mol. The molecule has 0 unspecified atom stereocenters. The zero-order chi connectivity index (χ0) is 31.3. The monoisotopic (exact) mass is 622 g/mol. The number of carbonyl (C=O) groups excluding carboxylic acids is 1. The van der Waals surface area contributed by atoms with Crippen LogP contribution in [0.2, 0.25) is 5.02 Å². The molecule has 0 saturated carbocycles. The van der Waals surface area contributed by atoms with Gasteiger partial charge in [0.25, 0.3) is 0 Å². The van der Waals surface area contributed by atoms with E-state index in [-0.39, 0.29) is 43.5 Å². The fourth-order valence-corrected chi connectivity index (χ4v) is 6.03. The molecule has 4 N–H and O–H groups in total. The van der Waals surface area contributed by atoms with E-state index < -0.39 is 17.9 Å². The number of nitrogens with one attached hydrogen (secondary N) is 1. The summed E-state index contributed by atoms with van der Waals surface area (Å²) in [6.45, 7) is 4.18. The highest BCUT2D eigenvalue weighted by molar-refractivity contribution is 6.30. The van der Waals surface area contributed by atoms with Gasteiger partial charge in [0.1, 0.15) is 0 Å². The molecule has 0 bridgehead atoms. The second kappa shape index (κ2) is 14.2. The fraction of sp³-hybridized carbons (Fsp3) is 0.412. The lowest BCUT2D eigenvalue weighted by atomic mass is 9.84. The third kappa shape index (κ3) is 7.85. The van der Waals surface area contributed by atoms with E-state index in [0.29, 0.717) is 43.2 Å². The van der Waals surface area contributed by atoms with Crippen LogP contribution in [0.5, 0.6) is 0 Å². The maximum atomic E-state index is 12.1.